The van der Waals surface area contributed by atoms with Crippen molar-refractivity contribution in [1.29, 1.82) is 0 Å². The lowest BCUT2D eigenvalue weighted by Crippen LogP contribution is -2.59. The van der Waals surface area contributed by atoms with Crippen LogP contribution in [0.3, 0.4) is 0 Å². The summed E-state index contributed by atoms with van der Waals surface area (Å²) in [6.45, 7) is 3.37. The molecule has 3 aliphatic heterocycles. The Labute approximate surface area is 120 Å². The molecule has 1 aromatic carbocycles. The van der Waals surface area contributed by atoms with E-state index in [0.717, 1.165) is 12.1 Å². The molecule has 2 bridgehead atoms. The molecule has 3 aliphatic rings. The summed E-state index contributed by atoms with van der Waals surface area (Å²) in [6, 6.07) is 9.81. The van der Waals surface area contributed by atoms with Gasteiger partial charge in [-0.1, -0.05) is 30.3 Å². The number of carbonyl (C=O) groups excluding carboxylic acids is 1. The highest BCUT2D eigenvalue weighted by atomic mass is 16.2. The van der Waals surface area contributed by atoms with Gasteiger partial charge in [-0.15, -0.1) is 0 Å². The van der Waals surface area contributed by atoms with Gasteiger partial charge in [0.05, 0.1) is 6.04 Å². The Hall–Kier alpha value is -1.39. The van der Waals surface area contributed by atoms with Crippen molar-refractivity contribution >= 4 is 5.91 Å². The second kappa shape index (κ2) is 5.94. The number of nitrogens with two attached hydrogens (primary N) is 1. The van der Waals surface area contributed by atoms with Crippen LogP contribution in [0.1, 0.15) is 18.4 Å². The van der Waals surface area contributed by atoms with Crippen molar-refractivity contribution in [2.24, 2.45) is 11.7 Å². The van der Waals surface area contributed by atoms with Crippen molar-refractivity contribution in [1.82, 2.24) is 10.2 Å². The molecule has 1 unspecified atom stereocenters. The predicted octanol–water partition coefficient (Wildman–Crippen LogP) is 0.767. The molecule has 3 N–H and O–H groups in total. The van der Waals surface area contributed by atoms with E-state index in [2.05, 4.69) is 10.2 Å². The molecule has 3 saturated heterocycles. The number of fused-ring (bicyclic) bond motifs is 3. The first-order chi connectivity index (χ1) is 9.72. The fraction of sp³-hybridized carbons (Fsp3) is 0.562. The van der Waals surface area contributed by atoms with Crippen LogP contribution in [0.15, 0.2) is 30.3 Å². The standard InChI is InChI=1S/C16H23N3O/c17-14(10-12-4-2-1-3-5-12)16(20)18-15-11-19-8-6-13(15)7-9-19/h1-5,13-15H,6-11,17H2,(H,18,20)/t14-,15?/m0/s1. The number of hydrogen-bond acceptors (Lipinski definition) is 3. The van der Waals surface area contributed by atoms with Crippen molar-refractivity contribution in [3.8, 4) is 0 Å². The van der Waals surface area contributed by atoms with Gasteiger partial charge in [0.15, 0.2) is 0 Å². The molecule has 2 atom stereocenters. The first-order valence-electron chi connectivity index (χ1n) is 7.54. The zero-order chi connectivity index (χ0) is 13.9. The molecule has 108 valence electrons. The number of hydrogen-bond donors (Lipinski definition) is 2. The summed E-state index contributed by atoms with van der Waals surface area (Å²) >= 11 is 0. The molecule has 0 radical (unpaired) electrons. The van der Waals surface area contributed by atoms with Crippen LogP contribution < -0.4 is 11.1 Å². The van der Waals surface area contributed by atoms with E-state index in [1.165, 1.54) is 25.9 Å². The average Bonchev–Trinajstić information content (AvgIpc) is 2.49. The summed E-state index contributed by atoms with van der Waals surface area (Å²) in [5, 5.41) is 3.16. The Balaban J connectivity index is 1.54. The summed E-state index contributed by atoms with van der Waals surface area (Å²) in [5.41, 5.74) is 7.15. The average molecular weight is 273 g/mol. The maximum atomic E-state index is 12.2. The summed E-state index contributed by atoms with van der Waals surface area (Å²) in [4.78, 5) is 14.7. The smallest absolute Gasteiger partial charge is 0.237 e. The molecule has 20 heavy (non-hydrogen) atoms. The fourth-order valence-electron chi connectivity index (χ4n) is 3.38. The van der Waals surface area contributed by atoms with Gasteiger partial charge in [0, 0.05) is 12.6 Å². The Kier molecular flexibility index (Phi) is 4.03. The first-order valence-corrected chi connectivity index (χ1v) is 7.54. The van der Waals surface area contributed by atoms with Gasteiger partial charge in [-0.3, -0.25) is 4.79 Å². The van der Waals surface area contributed by atoms with Crippen molar-refractivity contribution in [3.05, 3.63) is 35.9 Å². The van der Waals surface area contributed by atoms with Gasteiger partial charge in [-0.2, -0.15) is 0 Å². The van der Waals surface area contributed by atoms with Crippen molar-refractivity contribution in [2.45, 2.75) is 31.3 Å². The van der Waals surface area contributed by atoms with E-state index >= 15 is 0 Å². The van der Waals surface area contributed by atoms with E-state index in [-0.39, 0.29) is 5.91 Å². The lowest BCUT2D eigenvalue weighted by Gasteiger charge is -2.45. The molecule has 4 heteroatoms. The maximum Gasteiger partial charge on any atom is 0.237 e. The third kappa shape index (κ3) is 3.02. The minimum atomic E-state index is -0.451. The largest absolute Gasteiger partial charge is 0.350 e. The number of nitrogens with zero attached hydrogens (tertiary/aromatic N) is 1. The number of nitrogens with one attached hydrogen (secondary N) is 1. The molecule has 0 aliphatic carbocycles. The van der Waals surface area contributed by atoms with Crippen LogP contribution in [0.5, 0.6) is 0 Å². The SMILES string of the molecule is N[C@@H](Cc1ccccc1)C(=O)NC1CN2CCC1CC2. The summed E-state index contributed by atoms with van der Waals surface area (Å²) in [6.07, 6.45) is 3.02. The Morgan fingerprint density at radius 1 is 1.30 bits per heavy atom. The van der Waals surface area contributed by atoms with Gasteiger partial charge in [0.2, 0.25) is 5.91 Å². The van der Waals surface area contributed by atoms with Crippen LogP contribution in [0.4, 0.5) is 0 Å². The van der Waals surface area contributed by atoms with Gasteiger partial charge < -0.3 is 16.0 Å². The minimum Gasteiger partial charge on any atom is -0.350 e. The molecule has 1 amide bonds. The van der Waals surface area contributed by atoms with Crippen molar-refractivity contribution in [3.63, 3.8) is 0 Å². The maximum absolute atomic E-state index is 12.2. The molecule has 0 spiro atoms. The number of amides is 1. The number of benzene rings is 1. The van der Waals surface area contributed by atoms with Crippen LogP contribution >= 0.6 is 0 Å². The second-order valence-electron chi connectivity index (χ2n) is 6.05. The van der Waals surface area contributed by atoms with Crippen LogP contribution in [-0.2, 0) is 11.2 Å². The van der Waals surface area contributed by atoms with E-state index in [9.17, 15) is 4.79 Å². The first kappa shape index (κ1) is 13.6. The highest BCUT2D eigenvalue weighted by molar-refractivity contribution is 5.82. The number of piperidine rings is 3. The summed E-state index contributed by atoms with van der Waals surface area (Å²) < 4.78 is 0. The lowest BCUT2D eigenvalue weighted by molar-refractivity contribution is -0.124. The Morgan fingerprint density at radius 3 is 2.60 bits per heavy atom. The normalized spacial score (nSPS) is 29.9. The van der Waals surface area contributed by atoms with E-state index in [0.29, 0.717) is 18.4 Å². The van der Waals surface area contributed by atoms with E-state index in [1.807, 2.05) is 30.3 Å². The van der Waals surface area contributed by atoms with Crippen molar-refractivity contribution < 1.29 is 4.79 Å². The minimum absolute atomic E-state index is 0.00685. The zero-order valence-electron chi connectivity index (χ0n) is 11.8. The van der Waals surface area contributed by atoms with E-state index < -0.39 is 6.04 Å². The number of rotatable bonds is 4. The topological polar surface area (TPSA) is 58.4 Å². The molecule has 3 fully saturated rings. The summed E-state index contributed by atoms with van der Waals surface area (Å²) in [5.74, 6) is 0.639. The second-order valence-corrected chi connectivity index (χ2v) is 6.05. The van der Waals surface area contributed by atoms with Crippen LogP contribution in [-0.4, -0.2) is 42.5 Å². The molecule has 4 nitrogen and oxygen atoms in total. The Morgan fingerprint density at radius 2 is 2.00 bits per heavy atom. The lowest BCUT2D eigenvalue weighted by atomic mass is 9.84. The summed E-state index contributed by atoms with van der Waals surface area (Å²) in [7, 11) is 0. The Bertz CT molecular complexity index is 454. The fourth-order valence-corrected chi connectivity index (χ4v) is 3.38. The van der Waals surface area contributed by atoms with Gasteiger partial charge in [-0.05, 0) is 43.8 Å². The molecule has 1 aromatic rings. The zero-order valence-corrected chi connectivity index (χ0v) is 11.8. The third-order valence-corrected chi connectivity index (χ3v) is 4.62. The van der Waals surface area contributed by atoms with Crippen LogP contribution in [0, 0.1) is 5.92 Å². The molecule has 4 rings (SSSR count). The van der Waals surface area contributed by atoms with Gasteiger partial charge in [0.25, 0.3) is 0 Å². The van der Waals surface area contributed by atoms with E-state index in [1.54, 1.807) is 0 Å². The molecule has 0 aromatic heterocycles. The molecular weight excluding hydrogens is 250 g/mol. The molecular formula is C16H23N3O. The highest BCUT2D eigenvalue weighted by Crippen LogP contribution is 2.27. The number of carbonyl (C=O) groups is 1. The van der Waals surface area contributed by atoms with Crippen LogP contribution in [0.2, 0.25) is 0 Å². The molecule has 3 heterocycles. The highest BCUT2D eigenvalue weighted by Gasteiger charge is 2.35. The van der Waals surface area contributed by atoms with Crippen LogP contribution in [0.25, 0.3) is 0 Å². The van der Waals surface area contributed by atoms with Gasteiger partial charge >= 0.3 is 0 Å². The third-order valence-electron chi connectivity index (χ3n) is 4.62. The predicted molar refractivity (Wildman–Crippen MR) is 79.2 cm³/mol. The van der Waals surface area contributed by atoms with Crippen molar-refractivity contribution in [2.75, 3.05) is 19.6 Å². The monoisotopic (exact) mass is 273 g/mol. The van der Waals surface area contributed by atoms with Gasteiger partial charge in [-0.25, -0.2) is 0 Å². The van der Waals surface area contributed by atoms with E-state index in [4.69, 9.17) is 5.73 Å². The molecule has 0 saturated carbocycles. The van der Waals surface area contributed by atoms with Gasteiger partial charge in [0.1, 0.15) is 0 Å². The quantitative estimate of drug-likeness (QED) is 0.852.